The van der Waals surface area contributed by atoms with Gasteiger partial charge in [0.1, 0.15) is 11.8 Å². The zero-order chi connectivity index (χ0) is 15.9. The number of hydrogen-bond acceptors (Lipinski definition) is 3. The molecule has 22 heavy (non-hydrogen) atoms. The van der Waals surface area contributed by atoms with Gasteiger partial charge in [-0.05, 0) is 43.7 Å². The number of benzene rings is 2. The average molecular weight is 298 g/mol. The molecule has 0 heterocycles. The maximum atomic E-state index is 12.5. The van der Waals surface area contributed by atoms with Crippen molar-refractivity contribution in [2.75, 3.05) is 12.4 Å². The minimum Gasteiger partial charge on any atom is -0.497 e. The quantitative estimate of drug-likeness (QED) is 0.859. The van der Waals surface area contributed by atoms with Gasteiger partial charge in [-0.2, -0.15) is 0 Å². The molecule has 1 amide bonds. The van der Waals surface area contributed by atoms with Gasteiger partial charge in [-0.15, -0.1) is 0 Å². The van der Waals surface area contributed by atoms with Crippen LogP contribution in [0.5, 0.6) is 5.75 Å². The molecule has 4 nitrogen and oxygen atoms in total. The number of nitrogens with one attached hydrogen (secondary N) is 2. The maximum absolute atomic E-state index is 12.5. The smallest absolute Gasteiger partial charge is 0.247 e. The molecule has 4 heteroatoms. The fraction of sp³-hybridized carbons (Fsp3) is 0.278. The first-order chi connectivity index (χ1) is 10.6. The Morgan fingerprint density at radius 1 is 1.00 bits per heavy atom. The average Bonchev–Trinajstić information content (AvgIpc) is 2.53. The molecule has 0 aliphatic heterocycles. The van der Waals surface area contributed by atoms with Crippen molar-refractivity contribution in [3.63, 3.8) is 0 Å². The molecule has 0 aliphatic rings. The van der Waals surface area contributed by atoms with Crippen LogP contribution in [0.2, 0.25) is 0 Å². The molecule has 0 fully saturated rings. The number of carbonyl (C=O) groups is 1. The molecule has 1 atom stereocenters. The monoisotopic (exact) mass is 298 g/mol. The molecule has 0 aromatic heterocycles. The third-order valence-electron chi connectivity index (χ3n) is 3.23. The van der Waals surface area contributed by atoms with Crippen molar-refractivity contribution in [3.8, 4) is 5.75 Å². The van der Waals surface area contributed by atoms with Crippen LogP contribution in [0, 0.1) is 0 Å². The Morgan fingerprint density at radius 2 is 1.64 bits per heavy atom. The number of rotatable bonds is 6. The second-order valence-corrected chi connectivity index (χ2v) is 5.38. The summed E-state index contributed by atoms with van der Waals surface area (Å²) in [5.74, 6) is 0.741. The van der Waals surface area contributed by atoms with E-state index in [-0.39, 0.29) is 11.9 Å². The highest BCUT2D eigenvalue weighted by molar-refractivity contribution is 5.86. The zero-order valence-electron chi connectivity index (χ0n) is 13.2. The summed E-state index contributed by atoms with van der Waals surface area (Å²) in [6, 6.07) is 16.9. The second kappa shape index (κ2) is 7.50. The Kier molecular flexibility index (Phi) is 5.42. The summed E-state index contributed by atoms with van der Waals surface area (Å²) in [7, 11) is 1.63. The summed E-state index contributed by atoms with van der Waals surface area (Å²) in [6.45, 7) is 3.90. The van der Waals surface area contributed by atoms with Crippen LogP contribution >= 0.6 is 0 Å². The number of carbonyl (C=O) groups excluding carboxylic acids is 1. The summed E-state index contributed by atoms with van der Waals surface area (Å²) >= 11 is 0. The van der Waals surface area contributed by atoms with Gasteiger partial charge in [0.25, 0.3) is 0 Å². The number of hydrogen-bond donors (Lipinski definition) is 2. The van der Waals surface area contributed by atoms with Gasteiger partial charge >= 0.3 is 0 Å². The Morgan fingerprint density at radius 3 is 2.18 bits per heavy atom. The Bertz CT molecular complexity index is 594. The van der Waals surface area contributed by atoms with E-state index in [2.05, 4.69) is 10.6 Å². The Labute approximate surface area is 131 Å². The Balaban J connectivity index is 2.22. The first-order valence-corrected chi connectivity index (χ1v) is 7.36. The normalized spacial score (nSPS) is 11.8. The van der Waals surface area contributed by atoms with Gasteiger partial charge in [-0.1, -0.05) is 30.3 Å². The van der Waals surface area contributed by atoms with Gasteiger partial charge in [-0.3, -0.25) is 4.79 Å². The van der Waals surface area contributed by atoms with Crippen molar-refractivity contribution >= 4 is 11.6 Å². The first-order valence-electron chi connectivity index (χ1n) is 7.36. The summed E-state index contributed by atoms with van der Waals surface area (Å²) in [4.78, 5) is 12.5. The fourth-order valence-corrected chi connectivity index (χ4v) is 2.17. The van der Waals surface area contributed by atoms with Crippen molar-refractivity contribution in [3.05, 3.63) is 60.2 Å². The summed E-state index contributed by atoms with van der Waals surface area (Å²) in [5, 5.41) is 6.24. The molecular formula is C18H22N2O2. The van der Waals surface area contributed by atoms with Crippen LogP contribution in [0.4, 0.5) is 5.69 Å². The van der Waals surface area contributed by atoms with Crippen molar-refractivity contribution in [1.29, 1.82) is 0 Å². The van der Waals surface area contributed by atoms with Crippen LogP contribution in [-0.4, -0.2) is 19.1 Å². The van der Waals surface area contributed by atoms with Gasteiger partial charge in [0.2, 0.25) is 5.91 Å². The van der Waals surface area contributed by atoms with Crippen LogP contribution < -0.4 is 15.4 Å². The lowest BCUT2D eigenvalue weighted by Gasteiger charge is -2.21. The lowest BCUT2D eigenvalue weighted by Crippen LogP contribution is -2.37. The van der Waals surface area contributed by atoms with E-state index in [1.54, 1.807) is 7.11 Å². The number of ether oxygens (including phenoxy) is 1. The molecule has 0 bridgehead atoms. The minimum atomic E-state index is -0.433. The number of anilines is 1. The lowest BCUT2D eigenvalue weighted by atomic mass is 10.1. The minimum absolute atomic E-state index is 0.0444. The molecule has 2 rings (SSSR count). The van der Waals surface area contributed by atoms with Gasteiger partial charge in [0.05, 0.1) is 7.11 Å². The van der Waals surface area contributed by atoms with Crippen LogP contribution in [0.1, 0.15) is 25.5 Å². The highest BCUT2D eigenvalue weighted by atomic mass is 16.5. The zero-order valence-corrected chi connectivity index (χ0v) is 13.2. The van der Waals surface area contributed by atoms with Crippen LogP contribution in [0.3, 0.4) is 0 Å². The molecule has 0 aliphatic carbocycles. The van der Waals surface area contributed by atoms with E-state index in [0.717, 1.165) is 17.0 Å². The second-order valence-electron chi connectivity index (χ2n) is 5.38. The van der Waals surface area contributed by atoms with Gasteiger partial charge in [0.15, 0.2) is 0 Å². The molecule has 0 unspecified atom stereocenters. The first kappa shape index (κ1) is 15.9. The van der Waals surface area contributed by atoms with E-state index in [9.17, 15) is 4.79 Å². The van der Waals surface area contributed by atoms with Gasteiger partial charge < -0.3 is 15.4 Å². The highest BCUT2D eigenvalue weighted by Gasteiger charge is 2.20. The van der Waals surface area contributed by atoms with Crippen LogP contribution in [0.25, 0.3) is 0 Å². The number of amides is 1. The highest BCUT2D eigenvalue weighted by Crippen LogP contribution is 2.22. The molecule has 0 saturated carbocycles. The summed E-state index contributed by atoms with van der Waals surface area (Å²) < 4.78 is 5.15. The van der Waals surface area contributed by atoms with E-state index in [0.29, 0.717) is 0 Å². The summed E-state index contributed by atoms with van der Waals surface area (Å²) in [5.41, 5.74) is 1.80. The molecular weight excluding hydrogens is 276 g/mol. The predicted octanol–water partition coefficient (Wildman–Crippen LogP) is 3.37. The Hall–Kier alpha value is -2.49. The molecule has 116 valence electrons. The number of methoxy groups -OCH3 is 1. The third kappa shape index (κ3) is 4.25. The molecule has 2 aromatic carbocycles. The third-order valence-corrected chi connectivity index (χ3v) is 3.23. The van der Waals surface area contributed by atoms with Crippen molar-refractivity contribution in [2.24, 2.45) is 0 Å². The lowest BCUT2D eigenvalue weighted by molar-refractivity contribution is -0.122. The largest absolute Gasteiger partial charge is 0.497 e. The van der Waals surface area contributed by atoms with E-state index < -0.39 is 6.04 Å². The van der Waals surface area contributed by atoms with Gasteiger partial charge in [-0.25, -0.2) is 0 Å². The molecule has 2 N–H and O–H groups in total. The van der Waals surface area contributed by atoms with Crippen LogP contribution in [-0.2, 0) is 4.79 Å². The van der Waals surface area contributed by atoms with Crippen LogP contribution in [0.15, 0.2) is 54.6 Å². The maximum Gasteiger partial charge on any atom is 0.247 e. The topological polar surface area (TPSA) is 50.4 Å². The van der Waals surface area contributed by atoms with Gasteiger partial charge in [0, 0.05) is 11.7 Å². The molecule has 0 spiro atoms. The van der Waals surface area contributed by atoms with E-state index in [1.807, 2.05) is 68.4 Å². The van der Waals surface area contributed by atoms with E-state index in [1.165, 1.54) is 0 Å². The van der Waals surface area contributed by atoms with Crippen molar-refractivity contribution in [2.45, 2.75) is 25.9 Å². The summed E-state index contributed by atoms with van der Waals surface area (Å²) in [6.07, 6.45) is 0. The SMILES string of the molecule is COc1ccc(N[C@@H](C(=O)NC(C)C)c2ccccc2)cc1. The van der Waals surface area contributed by atoms with Crippen molar-refractivity contribution < 1.29 is 9.53 Å². The molecule has 2 aromatic rings. The van der Waals surface area contributed by atoms with E-state index >= 15 is 0 Å². The van der Waals surface area contributed by atoms with E-state index in [4.69, 9.17) is 4.74 Å². The molecule has 0 radical (unpaired) electrons. The molecule has 0 saturated heterocycles. The fourth-order valence-electron chi connectivity index (χ4n) is 2.17. The van der Waals surface area contributed by atoms with Crippen molar-refractivity contribution in [1.82, 2.24) is 5.32 Å². The predicted molar refractivity (Wildman–Crippen MR) is 89.1 cm³/mol. The standard InChI is InChI=1S/C18H22N2O2/c1-13(2)19-18(21)17(14-7-5-4-6-8-14)20-15-9-11-16(22-3)12-10-15/h4-13,17,20H,1-3H3,(H,19,21)/t17-/m1/s1.